The molecule has 0 bridgehead atoms. The lowest BCUT2D eigenvalue weighted by Gasteiger charge is -2.23. The van der Waals surface area contributed by atoms with Crippen LogP contribution in [0.4, 0.5) is 11.4 Å². The summed E-state index contributed by atoms with van der Waals surface area (Å²) in [5.41, 5.74) is 6.07. The van der Waals surface area contributed by atoms with Gasteiger partial charge >= 0.3 is 0 Å². The van der Waals surface area contributed by atoms with Gasteiger partial charge < -0.3 is 11.1 Å². The maximum Gasteiger partial charge on any atom is 0.270 e. The molecule has 1 aromatic rings. The quantitative estimate of drug-likeness (QED) is 0.576. The molecule has 0 heterocycles. The summed E-state index contributed by atoms with van der Waals surface area (Å²) in [6.45, 7) is 4.76. The van der Waals surface area contributed by atoms with E-state index < -0.39 is 4.92 Å². The molecule has 0 fully saturated rings. The van der Waals surface area contributed by atoms with Crippen LogP contribution in [0.25, 0.3) is 0 Å². The van der Waals surface area contributed by atoms with E-state index in [1.165, 1.54) is 18.2 Å². The van der Waals surface area contributed by atoms with Gasteiger partial charge in [-0.15, -0.1) is 0 Å². The van der Waals surface area contributed by atoms with Gasteiger partial charge in [-0.2, -0.15) is 0 Å². The summed E-state index contributed by atoms with van der Waals surface area (Å²) in [6, 6.07) is 4.25. The molecule has 3 N–H and O–H groups in total. The molecule has 0 aliphatic heterocycles. The minimum absolute atomic E-state index is 0.0241. The normalized spacial score (nSPS) is 11.2. The predicted molar refractivity (Wildman–Crippen MR) is 86.1 cm³/mol. The highest BCUT2D eigenvalue weighted by Crippen LogP contribution is 2.29. The largest absolute Gasteiger partial charge is 0.330 e. The van der Waals surface area contributed by atoms with Crippen molar-refractivity contribution in [2.24, 2.45) is 11.1 Å². The number of nitrogens with zero attached hydrogens (tertiary/aromatic N) is 1. The number of nitrogens with one attached hydrogen (secondary N) is 1. The van der Waals surface area contributed by atoms with Gasteiger partial charge in [0.15, 0.2) is 0 Å². The van der Waals surface area contributed by atoms with Gasteiger partial charge in [-0.1, -0.05) is 13.8 Å². The van der Waals surface area contributed by atoms with Crippen molar-refractivity contribution in [3.05, 3.63) is 32.8 Å². The van der Waals surface area contributed by atoms with Crippen molar-refractivity contribution >= 4 is 33.2 Å². The lowest BCUT2D eigenvalue weighted by atomic mass is 9.84. The number of amides is 1. The van der Waals surface area contributed by atoms with Crippen molar-refractivity contribution in [2.45, 2.75) is 33.1 Å². The van der Waals surface area contributed by atoms with Crippen molar-refractivity contribution < 1.29 is 9.72 Å². The Balaban J connectivity index is 2.61. The topological polar surface area (TPSA) is 98.3 Å². The number of non-ortho nitro benzene ring substituents is 1. The second kappa shape index (κ2) is 7.51. The first-order valence-electron chi connectivity index (χ1n) is 6.69. The van der Waals surface area contributed by atoms with Crippen LogP contribution in [0, 0.1) is 15.5 Å². The number of carbonyl (C=O) groups is 1. The number of hydrogen-bond acceptors (Lipinski definition) is 4. The molecule has 0 unspecified atom stereocenters. The first-order valence-corrected chi connectivity index (χ1v) is 7.48. The third-order valence-electron chi connectivity index (χ3n) is 3.29. The molecule has 6 nitrogen and oxygen atoms in total. The highest BCUT2D eigenvalue weighted by molar-refractivity contribution is 9.10. The fourth-order valence-corrected chi connectivity index (χ4v) is 2.37. The van der Waals surface area contributed by atoms with Crippen molar-refractivity contribution in [3.63, 3.8) is 0 Å². The van der Waals surface area contributed by atoms with Crippen molar-refractivity contribution in [2.75, 3.05) is 11.9 Å². The van der Waals surface area contributed by atoms with E-state index in [2.05, 4.69) is 35.1 Å². The number of anilines is 1. The van der Waals surface area contributed by atoms with Crippen LogP contribution in [0.1, 0.15) is 33.1 Å². The summed E-state index contributed by atoms with van der Waals surface area (Å²) >= 11 is 3.22. The van der Waals surface area contributed by atoms with Crippen LogP contribution in [-0.4, -0.2) is 17.4 Å². The Morgan fingerprint density at radius 2 is 2.10 bits per heavy atom. The second-order valence-electron chi connectivity index (χ2n) is 5.67. The summed E-state index contributed by atoms with van der Waals surface area (Å²) in [6.07, 6.45) is 1.98. The maximum absolute atomic E-state index is 11.9. The fraction of sp³-hybridized carbons (Fsp3) is 0.500. The van der Waals surface area contributed by atoms with Crippen molar-refractivity contribution in [1.29, 1.82) is 0 Å². The molecule has 1 amide bonds. The Bertz CT molecular complexity index is 532. The van der Waals surface area contributed by atoms with E-state index in [1.807, 2.05) is 0 Å². The molecular weight excluding hydrogens is 338 g/mol. The zero-order chi connectivity index (χ0) is 16.0. The lowest BCUT2D eigenvalue weighted by Crippen LogP contribution is -2.20. The summed E-state index contributed by atoms with van der Waals surface area (Å²) < 4.78 is 0.492. The maximum atomic E-state index is 11.9. The summed E-state index contributed by atoms with van der Waals surface area (Å²) in [5.74, 6) is -0.116. The monoisotopic (exact) mass is 357 g/mol. The molecule has 1 rings (SSSR count). The van der Waals surface area contributed by atoms with E-state index in [0.717, 1.165) is 12.8 Å². The Morgan fingerprint density at radius 1 is 1.43 bits per heavy atom. The number of carbonyl (C=O) groups excluding carboxylic acids is 1. The van der Waals surface area contributed by atoms with Crippen LogP contribution in [0.2, 0.25) is 0 Å². The molecule has 0 atom stereocenters. The van der Waals surface area contributed by atoms with Gasteiger partial charge in [-0.05, 0) is 46.8 Å². The molecule has 0 aromatic heterocycles. The van der Waals surface area contributed by atoms with Crippen LogP contribution in [0.15, 0.2) is 22.7 Å². The zero-order valence-corrected chi connectivity index (χ0v) is 13.8. The van der Waals surface area contributed by atoms with Gasteiger partial charge in [0.1, 0.15) is 0 Å². The van der Waals surface area contributed by atoms with Gasteiger partial charge in [-0.3, -0.25) is 14.9 Å². The average Bonchev–Trinajstić information content (AvgIpc) is 2.38. The molecule has 1 aromatic carbocycles. The molecule has 0 aliphatic rings. The number of hydrogen-bond donors (Lipinski definition) is 2. The number of nitro benzene ring substituents is 1. The van der Waals surface area contributed by atoms with Crippen molar-refractivity contribution in [3.8, 4) is 0 Å². The van der Waals surface area contributed by atoms with Crippen LogP contribution in [-0.2, 0) is 4.79 Å². The Kier molecular flexibility index (Phi) is 6.29. The van der Waals surface area contributed by atoms with Gasteiger partial charge in [-0.25, -0.2) is 0 Å². The third-order valence-corrected chi connectivity index (χ3v) is 3.94. The SMILES string of the molecule is CC(C)(CCN)CCC(=O)Nc1ccc([N+](=O)[O-])cc1Br. The molecule has 7 heteroatoms. The van der Waals surface area contributed by atoms with E-state index in [9.17, 15) is 14.9 Å². The molecular formula is C14H20BrN3O3. The van der Waals surface area contributed by atoms with Gasteiger partial charge in [0.25, 0.3) is 5.69 Å². The summed E-state index contributed by atoms with van der Waals surface area (Å²) in [5, 5.41) is 13.4. The minimum Gasteiger partial charge on any atom is -0.330 e. The second-order valence-corrected chi connectivity index (χ2v) is 6.53. The van der Waals surface area contributed by atoms with E-state index in [1.54, 1.807) is 0 Å². The van der Waals surface area contributed by atoms with Crippen LogP contribution in [0.3, 0.4) is 0 Å². The van der Waals surface area contributed by atoms with Crippen molar-refractivity contribution in [1.82, 2.24) is 0 Å². The standard InChI is InChI=1S/C14H20BrN3O3/c1-14(2,7-8-16)6-5-13(19)17-12-4-3-10(18(20)21)9-11(12)15/h3-4,9H,5-8,16H2,1-2H3,(H,17,19). The third kappa shape index (κ3) is 5.81. The van der Waals surface area contributed by atoms with Gasteiger partial charge in [0.2, 0.25) is 5.91 Å². The first-order chi connectivity index (χ1) is 9.75. The molecule has 0 saturated carbocycles. The molecule has 0 spiro atoms. The van der Waals surface area contributed by atoms with Gasteiger partial charge in [0.05, 0.1) is 10.6 Å². The minimum atomic E-state index is -0.480. The fourth-order valence-electron chi connectivity index (χ4n) is 1.90. The number of nitro groups is 1. The smallest absolute Gasteiger partial charge is 0.270 e. The Morgan fingerprint density at radius 3 is 2.62 bits per heavy atom. The van der Waals surface area contributed by atoms with E-state index >= 15 is 0 Å². The number of nitrogens with two attached hydrogens (primary N) is 1. The van der Waals surface area contributed by atoms with E-state index in [0.29, 0.717) is 23.1 Å². The molecule has 0 saturated heterocycles. The molecule has 0 aliphatic carbocycles. The number of halogens is 1. The summed E-state index contributed by atoms with van der Waals surface area (Å²) in [4.78, 5) is 22.1. The van der Waals surface area contributed by atoms with Crippen LogP contribution < -0.4 is 11.1 Å². The summed E-state index contributed by atoms with van der Waals surface area (Å²) in [7, 11) is 0. The highest BCUT2D eigenvalue weighted by atomic mass is 79.9. The van der Waals surface area contributed by atoms with Gasteiger partial charge in [0, 0.05) is 23.0 Å². The molecule has 21 heavy (non-hydrogen) atoms. The lowest BCUT2D eigenvalue weighted by molar-refractivity contribution is -0.384. The zero-order valence-electron chi connectivity index (χ0n) is 12.2. The molecule has 0 radical (unpaired) electrons. The van der Waals surface area contributed by atoms with E-state index in [-0.39, 0.29) is 17.0 Å². The number of benzene rings is 1. The molecule has 116 valence electrons. The first kappa shape index (κ1) is 17.6. The Hall–Kier alpha value is -1.47. The van der Waals surface area contributed by atoms with E-state index in [4.69, 9.17) is 5.73 Å². The van der Waals surface area contributed by atoms with Crippen LogP contribution >= 0.6 is 15.9 Å². The van der Waals surface area contributed by atoms with Crippen LogP contribution in [0.5, 0.6) is 0 Å². The Labute approximate surface area is 132 Å². The predicted octanol–water partition coefficient (Wildman–Crippen LogP) is 3.45. The average molecular weight is 358 g/mol. The number of rotatable bonds is 7. The highest BCUT2D eigenvalue weighted by Gasteiger charge is 2.19.